The molecule has 13 heavy (non-hydrogen) atoms. The summed E-state index contributed by atoms with van der Waals surface area (Å²) in [5.41, 5.74) is 12.8. The molecule has 5 heteroatoms. The van der Waals surface area contributed by atoms with E-state index in [0.717, 1.165) is 12.0 Å². The highest BCUT2D eigenvalue weighted by atomic mass is 35.5. The Morgan fingerprint density at radius 1 is 1.54 bits per heavy atom. The number of halogens is 1. The highest BCUT2D eigenvalue weighted by Gasteiger charge is 2.21. The fourth-order valence-corrected chi connectivity index (χ4v) is 1.62. The van der Waals surface area contributed by atoms with E-state index in [1.165, 1.54) is 0 Å². The molecule has 2 atom stereocenters. The number of pyridine rings is 1. The van der Waals surface area contributed by atoms with E-state index in [1.807, 2.05) is 12.1 Å². The standard InChI is InChI=1S/C8H11ClN4/c9-7-3-5(1-2-11-7)6-4-8(10)13-12-6/h1-3,6,8,12-13H,4,10H2. The Morgan fingerprint density at radius 3 is 3.00 bits per heavy atom. The average Bonchev–Trinajstić information content (AvgIpc) is 2.52. The van der Waals surface area contributed by atoms with Crippen LogP contribution in [0.4, 0.5) is 0 Å². The fourth-order valence-electron chi connectivity index (χ4n) is 1.43. The van der Waals surface area contributed by atoms with Gasteiger partial charge in [-0.25, -0.2) is 15.8 Å². The number of hydrazine groups is 1. The molecule has 1 saturated heterocycles. The zero-order valence-corrected chi connectivity index (χ0v) is 7.75. The molecular weight excluding hydrogens is 188 g/mol. The molecule has 0 aliphatic carbocycles. The van der Waals surface area contributed by atoms with Gasteiger partial charge in [0.1, 0.15) is 5.15 Å². The summed E-state index contributed by atoms with van der Waals surface area (Å²) in [5, 5.41) is 0.514. The Kier molecular flexibility index (Phi) is 2.46. The summed E-state index contributed by atoms with van der Waals surface area (Å²) >= 11 is 5.77. The lowest BCUT2D eigenvalue weighted by Gasteiger charge is -2.08. The van der Waals surface area contributed by atoms with Gasteiger partial charge in [0.2, 0.25) is 0 Å². The molecule has 4 N–H and O–H groups in total. The van der Waals surface area contributed by atoms with Crippen LogP contribution < -0.4 is 16.6 Å². The van der Waals surface area contributed by atoms with E-state index in [9.17, 15) is 0 Å². The molecule has 0 aromatic carbocycles. The van der Waals surface area contributed by atoms with Crippen LogP contribution in [0.1, 0.15) is 18.0 Å². The van der Waals surface area contributed by atoms with Crippen LogP contribution in [0.2, 0.25) is 5.15 Å². The number of rotatable bonds is 1. The largest absolute Gasteiger partial charge is 0.315 e. The smallest absolute Gasteiger partial charge is 0.129 e. The third-order valence-corrected chi connectivity index (χ3v) is 2.29. The third kappa shape index (κ3) is 1.97. The maximum Gasteiger partial charge on any atom is 0.129 e. The van der Waals surface area contributed by atoms with Crippen molar-refractivity contribution in [1.82, 2.24) is 15.8 Å². The summed E-state index contributed by atoms with van der Waals surface area (Å²) in [5.74, 6) is 0. The number of nitrogens with two attached hydrogens (primary N) is 1. The first-order chi connectivity index (χ1) is 6.25. The average molecular weight is 199 g/mol. The van der Waals surface area contributed by atoms with E-state index in [0.29, 0.717) is 5.15 Å². The number of nitrogens with zero attached hydrogens (tertiary/aromatic N) is 1. The Morgan fingerprint density at radius 2 is 2.38 bits per heavy atom. The number of nitrogens with one attached hydrogen (secondary N) is 2. The molecule has 1 aliphatic rings. The molecule has 2 unspecified atom stereocenters. The maximum absolute atomic E-state index is 5.77. The van der Waals surface area contributed by atoms with Gasteiger partial charge < -0.3 is 5.73 Å². The van der Waals surface area contributed by atoms with Crippen molar-refractivity contribution in [2.24, 2.45) is 5.73 Å². The summed E-state index contributed by atoms with van der Waals surface area (Å²) in [6, 6.07) is 4.01. The first-order valence-corrected chi connectivity index (χ1v) is 4.51. The van der Waals surface area contributed by atoms with Gasteiger partial charge in [0.05, 0.1) is 6.17 Å². The summed E-state index contributed by atoms with van der Waals surface area (Å²) < 4.78 is 0. The van der Waals surface area contributed by atoms with E-state index < -0.39 is 0 Å². The van der Waals surface area contributed by atoms with Crippen molar-refractivity contribution in [2.45, 2.75) is 18.6 Å². The van der Waals surface area contributed by atoms with Gasteiger partial charge in [-0.3, -0.25) is 0 Å². The van der Waals surface area contributed by atoms with Crippen LogP contribution >= 0.6 is 11.6 Å². The van der Waals surface area contributed by atoms with E-state index in [2.05, 4.69) is 15.8 Å². The minimum absolute atomic E-state index is 0.0111. The molecule has 1 fully saturated rings. The van der Waals surface area contributed by atoms with Gasteiger partial charge in [-0.2, -0.15) is 0 Å². The third-order valence-electron chi connectivity index (χ3n) is 2.09. The van der Waals surface area contributed by atoms with Gasteiger partial charge in [0, 0.05) is 12.2 Å². The molecule has 4 nitrogen and oxygen atoms in total. The van der Waals surface area contributed by atoms with Crippen LogP contribution in [-0.4, -0.2) is 11.1 Å². The molecule has 0 spiro atoms. The van der Waals surface area contributed by atoms with Crippen molar-refractivity contribution in [2.75, 3.05) is 0 Å². The summed E-state index contributed by atoms with van der Waals surface area (Å²) in [6.07, 6.45) is 2.57. The van der Waals surface area contributed by atoms with Crippen LogP contribution in [-0.2, 0) is 0 Å². The molecular formula is C8H11ClN4. The first-order valence-electron chi connectivity index (χ1n) is 4.14. The molecule has 2 heterocycles. The molecule has 1 aromatic heterocycles. The number of hydrogen-bond donors (Lipinski definition) is 3. The van der Waals surface area contributed by atoms with Gasteiger partial charge in [0.25, 0.3) is 0 Å². The SMILES string of the molecule is NC1CC(c2ccnc(Cl)c2)NN1. The minimum atomic E-state index is 0.0111. The lowest BCUT2D eigenvalue weighted by Crippen LogP contribution is -2.36. The molecule has 0 amide bonds. The molecule has 0 radical (unpaired) electrons. The Bertz CT molecular complexity index is 304. The molecule has 70 valence electrons. The second-order valence-corrected chi connectivity index (χ2v) is 3.48. The highest BCUT2D eigenvalue weighted by molar-refractivity contribution is 6.29. The van der Waals surface area contributed by atoms with Crippen LogP contribution in [0, 0.1) is 0 Å². The predicted octanol–water partition coefficient (Wildman–Crippen LogP) is 0.559. The van der Waals surface area contributed by atoms with Crippen LogP contribution in [0.15, 0.2) is 18.3 Å². The normalized spacial score (nSPS) is 27.8. The quantitative estimate of drug-likeness (QED) is 0.577. The van der Waals surface area contributed by atoms with Crippen LogP contribution in [0.3, 0.4) is 0 Å². The molecule has 1 aliphatic heterocycles. The zero-order chi connectivity index (χ0) is 9.26. The molecule has 1 aromatic rings. The Balaban J connectivity index is 2.16. The Hall–Kier alpha value is -0.680. The number of aromatic nitrogens is 1. The van der Waals surface area contributed by atoms with Crippen LogP contribution in [0.5, 0.6) is 0 Å². The minimum Gasteiger partial charge on any atom is -0.315 e. The lowest BCUT2D eigenvalue weighted by atomic mass is 10.1. The van der Waals surface area contributed by atoms with Crippen molar-refractivity contribution < 1.29 is 0 Å². The van der Waals surface area contributed by atoms with E-state index in [4.69, 9.17) is 17.3 Å². The molecule has 2 rings (SSSR count). The maximum atomic E-state index is 5.77. The van der Waals surface area contributed by atoms with Crippen molar-refractivity contribution >= 4 is 11.6 Å². The molecule has 0 saturated carbocycles. The van der Waals surface area contributed by atoms with Gasteiger partial charge >= 0.3 is 0 Å². The van der Waals surface area contributed by atoms with Crippen molar-refractivity contribution in [3.63, 3.8) is 0 Å². The highest BCUT2D eigenvalue weighted by Crippen LogP contribution is 2.21. The predicted molar refractivity (Wildman–Crippen MR) is 50.9 cm³/mol. The Labute approximate surface area is 81.5 Å². The van der Waals surface area contributed by atoms with Crippen molar-refractivity contribution in [3.8, 4) is 0 Å². The summed E-state index contributed by atoms with van der Waals surface area (Å²) in [7, 11) is 0. The monoisotopic (exact) mass is 198 g/mol. The van der Waals surface area contributed by atoms with Crippen molar-refractivity contribution in [1.29, 1.82) is 0 Å². The van der Waals surface area contributed by atoms with E-state index in [1.54, 1.807) is 6.20 Å². The van der Waals surface area contributed by atoms with Gasteiger partial charge in [-0.15, -0.1) is 0 Å². The number of hydrogen-bond acceptors (Lipinski definition) is 4. The topological polar surface area (TPSA) is 63.0 Å². The van der Waals surface area contributed by atoms with Gasteiger partial charge in [0.15, 0.2) is 0 Å². The summed E-state index contributed by atoms with van der Waals surface area (Å²) in [6.45, 7) is 0. The zero-order valence-electron chi connectivity index (χ0n) is 7.00. The summed E-state index contributed by atoms with van der Waals surface area (Å²) in [4.78, 5) is 3.92. The van der Waals surface area contributed by atoms with E-state index in [-0.39, 0.29) is 12.2 Å². The van der Waals surface area contributed by atoms with Crippen LogP contribution in [0.25, 0.3) is 0 Å². The van der Waals surface area contributed by atoms with E-state index >= 15 is 0 Å². The van der Waals surface area contributed by atoms with Crippen molar-refractivity contribution in [3.05, 3.63) is 29.0 Å². The lowest BCUT2D eigenvalue weighted by molar-refractivity contribution is 0.551. The second kappa shape index (κ2) is 3.59. The molecule has 0 bridgehead atoms. The fraction of sp³-hybridized carbons (Fsp3) is 0.375. The first kappa shape index (κ1) is 8.90. The van der Waals surface area contributed by atoms with Gasteiger partial charge in [-0.05, 0) is 24.1 Å². The van der Waals surface area contributed by atoms with Gasteiger partial charge in [-0.1, -0.05) is 11.6 Å². The second-order valence-electron chi connectivity index (χ2n) is 3.10.